The summed E-state index contributed by atoms with van der Waals surface area (Å²) in [5.41, 5.74) is 2.05. The van der Waals surface area contributed by atoms with Crippen LogP contribution in [0.5, 0.6) is 0 Å². The van der Waals surface area contributed by atoms with Crippen LogP contribution in [0.15, 0.2) is 24.3 Å². The number of carbonyl (C=O) groups is 3. The number of amides is 1. The molecule has 0 radical (unpaired) electrons. The van der Waals surface area contributed by atoms with Crippen molar-refractivity contribution in [3.63, 3.8) is 0 Å². The van der Waals surface area contributed by atoms with Gasteiger partial charge in [-0.15, -0.1) is 0 Å². The first-order chi connectivity index (χ1) is 15.3. The summed E-state index contributed by atoms with van der Waals surface area (Å²) in [6.45, 7) is 8.01. The van der Waals surface area contributed by atoms with Crippen molar-refractivity contribution < 1.29 is 23.9 Å². The number of ketones is 1. The number of halogens is 1. The lowest BCUT2D eigenvalue weighted by atomic mass is 9.98. The standard InChI is InChI=1S/C24H29ClN2O5/c1-5-31-24(30)21-14(2)20(15(3)26-21)22(28)16(4)27(13-17-9-8-12-32-17)23(29)18-10-6-7-11-19(18)25/h6-7,10-11,16-17,26H,5,8-9,12-13H2,1-4H3. The first-order valence-corrected chi connectivity index (χ1v) is 11.2. The average molecular weight is 461 g/mol. The minimum absolute atomic E-state index is 0.139. The molecule has 0 aliphatic carbocycles. The largest absolute Gasteiger partial charge is 0.461 e. The van der Waals surface area contributed by atoms with Gasteiger partial charge in [-0.2, -0.15) is 0 Å². The molecule has 0 saturated carbocycles. The van der Waals surface area contributed by atoms with Crippen molar-refractivity contribution in [1.82, 2.24) is 9.88 Å². The molecule has 1 aliphatic heterocycles. The Morgan fingerprint density at radius 3 is 2.62 bits per heavy atom. The molecule has 3 rings (SSSR count). The number of hydrogen-bond acceptors (Lipinski definition) is 5. The van der Waals surface area contributed by atoms with E-state index in [0.29, 0.717) is 34.0 Å². The van der Waals surface area contributed by atoms with E-state index >= 15 is 0 Å². The molecule has 0 bridgehead atoms. The molecule has 1 amide bonds. The Balaban J connectivity index is 1.94. The molecular weight excluding hydrogens is 432 g/mol. The van der Waals surface area contributed by atoms with Gasteiger partial charge in [0.25, 0.3) is 5.91 Å². The SMILES string of the molecule is CCOC(=O)c1[nH]c(C)c(C(=O)C(C)N(CC2CCCO2)C(=O)c2ccccc2Cl)c1C. The summed E-state index contributed by atoms with van der Waals surface area (Å²) in [7, 11) is 0. The van der Waals surface area contributed by atoms with Gasteiger partial charge in [0.1, 0.15) is 5.69 Å². The van der Waals surface area contributed by atoms with Crippen LogP contribution < -0.4 is 0 Å². The molecule has 7 nitrogen and oxygen atoms in total. The van der Waals surface area contributed by atoms with E-state index in [-0.39, 0.29) is 36.6 Å². The van der Waals surface area contributed by atoms with Crippen LogP contribution in [0.1, 0.15) is 69.2 Å². The fourth-order valence-corrected chi connectivity index (χ4v) is 4.31. The van der Waals surface area contributed by atoms with E-state index in [0.717, 1.165) is 12.8 Å². The zero-order valence-electron chi connectivity index (χ0n) is 18.9. The Hall–Kier alpha value is -2.64. The van der Waals surface area contributed by atoms with Gasteiger partial charge in [-0.3, -0.25) is 9.59 Å². The van der Waals surface area contributed by atoms with Gasteiger partial charge in [0.2, 0.25) is 0 Å². The molecule has 2 atom stereocenters. The number of esters is 1. The Morgan fingerprint density at radius 2 is 2.00 bits per heavy atom. The van der Waals surface area contributed by atoms with Crippen molar-refractivity contribution in [1.29, 1.82) is 0 Å². The number of rotatable bonds is 8. The molecule has 172 valence electrons. The number of aryl methyl sites for hydroxylation is 1. The first kappa shape index (κ1) is 24.0. The fraction of sp³-hybridized carbons (Fsp3) is 0.458. The van der Waals surface area contributed by atoms with E-state index in [1.807, 2.05) is 0 Å². The highest BCUT2D eigenvalue weighted by Crippen LogP contribution is 2.25. The highest BCUT2D eigenvalue weighted by atomic mass is 35.5. The maximum absolute atomic E-state index is 13.6. The lowest BCUT2D eigenvalue weighted by Crippen LogP contribution is -2.47. The molecule has 0 spiro atoms. The summed E-state index contributed by atoms with van der Waals surface area (Å²) < 4.78 is 10.8. The van der Waals surface area contributed by atoms with Crippen LogP contribution in [0.2, 0.25) is 5.02 Å². The van der Waals surface area contributed by atoms with Gasteiger partial charge in [0.05, 0.1) is 29.3 Å². The minimum atomic E-state index is -0.786. The Labute approximate surface area is 193 Å². The number of ether oxygens (including phenoxy) is 2. The number of nitrogens with one attached hydrogen (secondary N) is 1. The monoisotopic (exact) mass is 460 g/mol. The predicted molar refractivity (Wildman–Crippen MR) is 121 cm³/mol. The van der Waals surface area contributed by atoms with Crippen molar-refractivity contribution >= 4 is 29.3 Å². The number of aromatic amines is 1. The van der Waals surface area contributed by atoms with Crippen LogP contribution in [0.4, 0.5) is 0 Å². The molecule has 1 N–H and O–H groups in total. The summed E-state index contributed by atoms with van der Waals surface area (Å²) in [5, 5.41) is 0.327. The van der Waals surface area contributed by atoms with Gasteiger partial charge in [-0.25, -0.2) is 4.79 Å². The zero-order chi connectivity index (χ0) is 23.4. The highest BCUT2D eigenvalue weighted by molar-refractivity contribution is 6.33. The van der Waals surface area contributed by atoms with Crippen LogP contribution >= 0.6 is 11.6 Å². The first-order valence-electron chi connectivity index (χ1n) is 10.8. The molecule has 2 unspecified atom stereocenters. The third-order valence-electron chi connectivity index (χ3n) is 5.80. The van der Waals surface area contributed by atoms with E-state index < -0.39 is 12.0 Å². The minimum Gasteiger partial charge on any atom is -0.461 e. The number of nitrogens with zero attached hydrogens (tertiary/aromatic N) is 1. The molecule has 1 aromatic heterocycles. The average Bonchev–Trinajstić information content (AvgIpc) is 3.38. The predicted octanol–water partition coefficient (Wildman–Crippen LogP) is 4.35. The lowest BCUT2D eigenvalue weighted by Gasteiger charge is -2.31. The topological polar surface area (TPSA) is 88.7 Å². The number of carbonyl (C=O) groups excluding carboxylic acids is 3. The second kappa shape index (κ2) is 10.3. The quantitative estimate of drug-likeness (QED) is 0.467. The molecule has 2 aromatic rings. The molecule has 8 heteroatoms. The van der Waals surface area contributed by atoms with Gasteiger partial charge < -0.3 is 19.4 Å². The zero-order valence-corrected chi connectivity index (χ0v) is 19.6. The molecule has 1 aromatic carbocycles. The van der Waals surface area contributed by atoms with Crippen molar-refractivity contribution in [2.24, 2.45) is 0 Å². The highest BCUT2D eigenvalue weighted by Gasteiger charge is 2.34. The number of benzene rings is 1. The Kier molecular flexibility index (Phi) is 7.74. The van der Waals surface area contributed by atoms with Crippen molar-refractivity contribution in [3.8, 4) is 0 Å². The number of H-pyrrole nitrogens is 1. The van der Waals surface area contributed by atoms with E-state index in [9.17, 15) is 14.4 Å². The maximum Gasteiger partial charge on any atom is 0.355 e. The Bertz CT molecular complexity index is 1010. The van der Waals surface area contributed by atoms with Gasteiger partial charge in [-0.05, 0) is 58.2 Å². The summed E-state index contributed by atoms with van der Waals surface area (Å²) in [5.74, 6) is -1.10. The summed E-state index contributed by atoms with van der Waals surface area (Å²) in [6, 6.07) is 6.00. The molecule has 1 fully saturated rings. The van der Waals surface area contributed by atoms with E-state index in [4.69, 9.17) is 21.1 Å². The summed E-state index contributed by atoms with van der Waals surface area (Å²) in [6.07, 6.45) is 1.60. The second-order valence-corrected chi connectivity index (χ2v) is 8.37. The van der Waals surface area contributed by atoms with E-state index in [1.54, 1.807) is 52.0 Å². The Morgan fingerprint density at radius 1 is 1.28 bits per heavy atom. The molecule has 1 saturated heterocycles. The van der Waals surface area contributed by atoms with Crippen LogP contribution in [-0.4, -0.2) is 59.4 Å². The van der Waals surface area contributed by atoms with Crippen LogP contribution in [0, 0.1) is 13.8 Å². The van der Waals surface area contributed by atoms with Crippen molar-refractivity contribution in [2.75, 3.05) is 19.8 Å². The number of aromatic nitrogens is 1. The molecule has 2 heterocycles. The summed E-state index contributed by atoms with van der Waals surface area (Å²) >= 11 is 6.28. The number of Topliss-reactive ketones (excluding diaryl/α,β-unsaturated/α-hetero) is 1. The van der Waals surface area contributed by atoms with Gasteiger partial charge in [0.15, 0.2) is 5.78 Å². The third kappa shape index (κ3) is 4.89. The van der Waals surface area contributed by atoms with Crippen LogP contribution in [0.25, 0.3) is 0 Å². The van der Waals surface area contributed by atoms with Gasteiger partial charge in [0, 0.05) is 24.4 Å². The number of hydrogen-bond donors (Lipinski definition) is 1. The molecule has 1 aliphatic rings. The van der Waals surface area contributed by atoms with Crippen LogP contribution in [0.3, 0.4) is 0 Å². The lowest BCUT2D eigenvalue weighted by molar-refractivity contribution is 0.0410. The van der Waals surface area contributed by atoms with Crippen molar-refractivity contribution in [2.45, 2.75) is 52.7 Å². The van der Waals surface area contributed by atoms with E-state index in [2.05, 4.69) is 4.98 Å². The van der Waals surface area contributed by atoms with E-state index in [1.165, 1.54) is 4.90 Å². The summed E-state index contributed by atoms with van der Waals surface area (Å²) in [4.78, 5) is 43.8. The molecule has 32 heavy (non-hydrogen) atoms. The maximum atomic E-state index is 13.6. The fourth-order valence-electron chi connectivity index (χ4n) is 4.09. The molecular formula is C24H29ClN2O5. The normalized spacial score (nSPS) is 16.6. The third-order valence-corrected chi connectivity index (χ3v) is 6.13. The van der Waals surface area contributed by atoms with Crippen LogP contribution in [-0.2, 0) is 9.47 Å². The van der Waals surface area contributed by atoms with Gasteiger partial charge in [-0.1, -0.05) is 23.7 Å². The van der Waals surface area contributed by atoms with Crippen molar-refractivity contribution in [3.05, 3.63) is 57.4 Å². The smallest absolute Gasteiger partial charge is 0.355 e. The second-order valence-electron chi connectivity index (χ2n) is 7.96. The van der Waals surface area contributed by atoms with Gasteiger partial charge >= 0.3 is 5.97 Å².